The van der Waals surface area contributed by atoms with E-state index in [1.165, 1.54) is 16.7 Å². The summed E-state index contributed by atoms with van der Waals surface area (Å²) in [7, 11) is 1.60. The van der Waals surface area contributed by atoms with E-state index in [2.05, 4.69) is 40.6 Å². The molecule has 0 unspecified atom stereocenters. The third kappa shape index (κ3) is 3.57. The molecule has 5 heteroatoms. The summed E-state index contributed by atoms with van der Waals surface area (Å²) in [6, 6.07) is 8.51. The lowest BCUT2D eigenvalue weighted by molar-refractivity contribution is 0.0554. The van der Waals surface area contributed by atoms with Gasteiger partial charge in [-0.2, -0.15) is 0 Å². The molecule has 1 N–H and O–H groups in total. The Bertz CT molecular complexity index is 537. The predicted molar refractivity (Wildman–Crippen MR) is 86.6 cm³/mol. The standard InChI is InChI=1S/C16H20N2O2.ClH/c1-17-16(19)20-14-6-8-18(9-7-14)11-13-10-12-4-2-3-5-15(12)13;/h2-5,10,14H,6-9,11H2,1H3,(H,17,19);1H. The molecule has 1 aromatic carbocycles. The third-order valence-corrected chi connectivity index (χ3v) is 4.04. The number of rotatable bonds is 3. The molecule has 0 atom stereocenters. The normalized spacial score (nSPS) is 17.9. The van der Waals surface area contributed by atoms with Gasteiger partial charge in [-0.05, 0) is 35.6 Å². The van der Waals surface area contributed by atoms with E-state index in [1.807, 2.05) is 0 Å². The van der Waals surface area contributed by atoms with E-state index in [-0.39, 0.29) is 24.6 Å². The van der Waals surface area contributed by atoms with Gasteiger partial charge in [0.25, 0.3) is 0 Å². The zero-order valence-electron chi connectivity index (χ0n) is 12.2. The van der Waals surface area contributed by atoms with Crippen molar-refractivity contribution in [3.05, 3.63) is 35.4 Å². The van der Waals surface area contributed by atoms with Crippen LogP contribution in [0, 0.1) is 0 Å². The van der Waals surface area contributed by atoms with Crippen molar-refractivity contribution in [3.8, 4) is 0 Å². The number of benzene rings is 1. The molecule has 0 bridgehead atoms. The van der Waals surface area contributed by atoms with Crippen LogP contribution >= 0.6 is 12.4 Å². The largest absolute Gasteiger partial charge is 0.446 e. The van der Waals surface area contributed by atoms with Gasteiger partial charge in [-0.1, -0.05) is 24.3 Å². The average Bonchev–Trinajstić information content (AvgIpc) is 2.46. The number of likely N-dealkylation sites (tertiary alicyclic amines) is 1. The molecule has 3 rings (SSSR count). The fraction of sp³-hybridized carbons (Fsp3) is 0.438. The number of amides is 1. The number of hydrogen-bond donors (Lipinski definition) is 1. The van der Waals surface area contributed by atoms with Crippen LogP contribution in [0.3, 0.4) is 0 Å². The van der Waals surface area contributed by atoms with E-state index < -0.39 is 0 Å². The van der Waals surface area contributed by atoms with Crippen molar-refractivity contribution in [1.82, 2.24) is 10.2 Å². The molecular weight excluding hydrogens is 288 g/mol. The number of ether oxygens (including phenoxy) is 1. The van der Waals surface area contributed by atoms with Crippen molar-refractivity contribution < 1.29 is 9.53 Å². The van der Waals surface area contributed by atoms with Gasteiger partial charge in [0.05, 0.1) is 0 Å². The summed E-state index contributed by atoms with van der Waals surface area (Å²) in [5.41, 5.74) is 4.16. The zero-order chi connectivity index (χ0) is 13.9. The van der Waals surface area contributed by atoms with E-state index in [4.69, 9.17) is 4.74 Å². The smallest absolute Gasteiger partial charge is 0.407 e. The minimum Gasteiger partial charge on any atom is -0.446 e. The van der Waals surface area contributed by atoms with Crippen molar-refractivity contribution >= 4 is 30.1 Å². The summed E-state index contributed by atoms with van der Waals surface area (Å²) in [6.07, 6.45) is 3.85. The summed E-state index contributed by atoms with van der Waals surface area (Å²) in [4.78, 5) is 13.6. The first kappa shape index (κ1) is 15.9. The van der Waals surface area contributed by atoms with E-state index in [9.17, 15) is 4.79 Å². The van der Waals surface area contributed by atoms with Gasteiger partial charge in [-0.25, -0.2) is 4.79 Å². The summed E-state index contributed by atoms with van der Waals surface area (Å²) < 4.78 is 5.30. The van der Waals surface area contributed by atoms with Crippen LogP contribution < -0.4 is 5.32 Å². The maximum Gasteiger partial charge on any atom is 0.407 e. The quantitative estimate of drug-likeness (QED) is 0.933. The fourth-order valence-electron chi connectivity index (χ4n) is 2.87. The number of piperidine rings is 1. The molecule has 0 spiro atoms. The molecule has 1 fully saturated rings. The van der Waals surface area contributed by atoms with Crippen molar-refractivity contribution in [3.63, 3.8) is 0 Å². The molecule has 1 heterocycles. The van der Waals surface area contributed by atoms with Crippen molar-refractivity contribution in [2.24, 2.45) is 0 Å². The van der Waals surface area contributed by atoms with Gasteiger partial charge in [-0.15, -0.1) is 12.4 Å². The number of fused-ring (bicyclic) bond motifs is 1. The Morgan fingerprint density at radius 1 is 1.33 bits per heavy atom. The molecular formula is C16H21ClN2O2. The molecule has 1 saturated heterocycles. The van der Waals surface area contributed by atoms with Crippen LogP contribution in [-0.2, 0) is 4.74 Å². The Morgan fingerprint density at radius 3 is 2.71 bits per heavy atom. The number of nitrogens with zero attached hydrogens (tertiary/aromatic N) is 1. The summed E-state index contributed by atoms with van der Waals surface area (Å²) in [5.74, 6) is 0. The Kier molecular flexibility index (Phi) is 5.26. The highest BCUT2D eigenvalue weighted by Crippen LogP contribution is 2.33. The van der Waals surface area contributed by atoms with Crippen molar-refractivity contribution in [2.45, 2.75) is 18.9 Å². The number of nitrogens with one attached hydrogen (secondary N) is 1. The second kappa shape index (κ2) is 6.96. The number of carbonyl (C=O) groups excluding carboxylic acids is 1. The molecule has 2 aliphatic rings. The van der Waals surface area contributed by atoms with E-state index in [0.717, 1.165) is 32.5 Å². The van der Waals surface area contributed by atoms with Crippen LogP contribution in [0.2, 0.25) is 0 Å². The van der Waals surface area contributed by atoms with Crippen molar-refractivity contribution in [1.29, 1.82) is 0 Å². The van der Waals surface area contributed by atoms with Gasteiger partial charge < -0.3 is 10.1 Å². The lowest BCUT2D eigenvalue weighted by Gasteiger charge is -2.33. The molecule has 0 radical (unpaired) electrons. The molecule has 114 valence electrons. The lowest BCUT2D eigenvalue weighted by atomic mass is 9.88. The van der Waals surface area contributed by atoms with Crippen LogP contribution in [0.5, 0.6) is 0 Å². The van der Waals surface area contributed by atoms with Crippen LogP contribution in [0.1, 0.15) is 24.0 Å². The summed E-state index contributed by atoms with van der Waals surface area (Å²) in [6.45, 7) is 2.98. The molecule has 4 nitrogen and oxygen atoms in total. The molecule has 1 aliphatic carbocycles. The Hall–Kier alpha value is -1.52. The van der Waals surface area contributed by atoms with Crippen LogP contribution in [0.4, 0.5) is 4.79 Å². The topological polar surface area (TPSA) is 41.6 Å². The first-order valence-corrected chi connectivity index (χ1v) is 7.17. The van der Waals surface area contributed by atoms with Crippen LogP contribution in [-0.4, -0.2) is 43.8 Å². The zero-order valence-corrected chi connectivity index (χ0v) is 13.0. The average molecular weight is 309 g/mol. The molecule has 1 amide bonds. The molecule has 1 aliphatic heterocycles. The highest BCUT2D eigenvalue weighted by atomic mass is 35.5. The monoisotopic (exact) mass is 308 g/mol. The fourth-order valence-corrected chi connectivity index (χ4v) is 2.87. The maximum absolute atomic E-state index is 11.2. The molecule has 21 heavy (non-hydrogen) atoms. The van der Waals surface area contributed by atoms with Crippen molar-refractivity contribution in [2.75, 3.05) is 26.7 Å². The predicted octanol–water partition coefficient (Wildman–Crippen LogP) is 2.78. The minimum atomic E-state index is -0.320. The summed E-state index contributed by atoms with van der Waals surface area (Å²) in [5, 5.41) is 2.50. The van der Waals surface area contributed by atoms with Gasteiger partial charge in [0.15, 0.2) is 0 Å². The first-order valence-electron chi connectivity index (χ1n) is 7.17. The van der Waals surface area contributed by atoms with Gasteiger partial charge in [-0.3, -0.25) is 4.90 Å². The second-order valence-electron chi connectivity index (χ2n) is 5.39. The van der Waals surface area contributed by atoms with E-state index in [0.29, 0.717) is 0 Å². The Labute approximate surface area is 131 Å². The Morgan fingerprint density at radius 2 is 2.05 bits per heavy atom. The SMILES string of the molecule is CNC(=O)OC1CCN(CC2=Cc3ccccc32)CC1.Cl. The number of alkyl carbamates (subject to hydrolysis) is 1. The van der Waals surface area contributed by atoms with Gasteiger partial charge >= 0.3 is 6.09 Å². The first-order chi connectivity index (χ1) is 9.76. The Balaban J connectivity index is 0.00000161. The van der Waals surface area contributed by atoms with E-state index in [1.54, 1.807) is 7.05 Å². The second-order valence-corrected chi connectivity index (χ2v) is 5.39. The number of hydrogen-bond acceptors (Lipinski definition) is 3. The molecule has 0 saturated carbocycles. The number of halogens is 1. The maximum atomic E-state index is 11.2. The highest BCUT2D eigenvalue weighted by molar-refractivity contribution is 5.96. The minimum absolute atomic E-state index is 0. The van der Waals surface area contributed by atoms with Crippen LogP contribution in [0.25, 0.3) is 11.6 Å². The van der Waals surface area contributed by atoms with E-state index >= 15 is 0 Å². The van der Waals surface area contributed by atoms with Gasteiger partial charge in [0.1, 0.15) is 6.10 Å². The molecule has 0 aromatic heterocycles. The molecule has 1 aromatic rings. The van der Waals surface area contributed by atoms with Gasteiger partial charge in [0.2, 0.25) is 0 Å². The third-order valence-electron chi connectivity index (χ3n) is 4.04. The van der Waals surface area contributed by atoms with Gasteiger partial charge in [0, 0.05) is 26.7 Å². The lowest BCUT2D eigenvalue weighted by Crippen LogP contribution is -2.40. The highest BCUT2D eigenvalue weighted by Gasteiger charge is 2.24. The number of carbonyl (C=O) groups is 1. The van der Waals surface area contributed by atoms with Crippen LogP contribution in [0.15, 0.2) is 24.3 Å². The summed E-state index contributed by atoms with van der Waals surface area (Å²) >= 11 is 0.